The number of amides is 1. The van der Waals surface area contributed by atoms with E-state index in [1.807, 2.05) is 20.8 Å². The number of likely N-dealkylation sites (N-methyl/N-ethyl adjacent to an activating group) is 1. The lowest BCUT2D eigenvalue weighted by atomic mass is 10.2. The van der Waals surface area contributed by atoms with Crippen molar-refractivity contribution >= 4 is 11.6 Å². The fourth-order valence-corrected chi connectivity index (χ4v) is 1.95. The standard InChI is InChI=1S/C14H22FN3O/c1-4-18(13-8-6-5-7-11(13)15)9-12(14(16)19)17-10(2)3/h5-8,10,12,17H,4,9H2,1-3H3,(H2,16,19). The highest BCUT2D eigenvalue weighted by atomic mass is 19.1. The van der Waals surface area contributed by atoms with Gasteiger partial charge in [-0.05, 0) is 19.1 Å². The van der Waals surface area contributed by atoms with Crippen LogP contribution in [0.15, 0.2) is 24.3 Å². The molecule has 0 aliphatic rings. The Bertz CT molecular complexity index is 423. The molecule has 1 rings (SSSR count). The van der Waals surface area contributed by atoms with E-state index >= 15 is 0 Å². The van der Waals surface area contributed by atoms with Crippen molar-refractivity contribution in [2.24, 2.45) is 5.73 Å². The molecule has 19 heavy (non-hydrogen) atoms. The van der Waals surface area contributed by atoms with E-state index in [2.05, 4.69) is 5.32 Å². The third-order valence-electron chi connectivity index (χ3n) is 2.86. The van der Waals surface area contributed by atoms with Crippen molar-refractivity contribution < 1.29 is 9.18 Å². The molecule has 1 aromatic carbocycles. The number of nitrogens with one attached hydrogen (secondary N) is 1. The van der Waals surface area contributed by atoms with Crippen LogP contribution in [0.3, 0.4) is 0 Å². The predicted octanol–water partition coefficient (Wildman–Crippen LogP) is 1.50. The van der Waals surface area contributed by atoms with Crippen LogP contribution < -0.4 is 16.0 Å². The molecule has 0 heterocycles. The molecule has 0 aromatic heterocycles. The van der Waals surface area contributed by atoms with Crippen LogP contribution >= 0.6 is 0 Å². The third kappa shape index (κ3) is 4.52. The number of carbonyl (C=O) groups excluding carboxylic acids is 1. The van der Waals surface area contributed by atoms with E-state index < -0.39 is 11.9 Å². The number of nitrogens with zero attached hydrogens (tertiary/aromatic N) is 1. The Morgan fingerprint density at radius 2 is 2.05 bits per heavy atom. The minimum atomic E-state index is -0.500. The fourth-order valence-electron chi connectivity index (χ4n) is 1.95. The topological polar surface area (TPSA) is 58.4 Å². The SMILES string of the molecule is CCN(CC(NC(C)C)C(N)=O)c1ccccc1F. The molecular formula is C14H22FN3O. The van der Waals surface area contributed by atoms with Gasteiger partial charge in [-0.3, -0.25) is 4.79 Å². The Hall–Kier alpha value is -1.62. The van der Waals surface area contributed by atoms with E-state index in [4.69, 9.17) is 5.73 Å². The first-order valence-corrected chi connectivity index (χ1v) is 6.50. The van der Waals surface area contributed by atoms with Crippen molar-refractivity contribution in [1.82, 2.24) is 5.32 Å². The summed E-state index contributed by atoms with van der Waals surface area (Å²) in [6.07, 6.45) is 0. The normalized spacial score (nSPS) is 12.5. The minimum absolute atomic E-state index is 0.136. The number of anilines is 1. The van der Waals surface area contributed by atoms with Crippen LogP contribution in [-0.2, 0) is 4.79 Å². The van der Waals surface area contributed by atoms with Crippen LogP contribution in [0.2, 0.25) is 0 Å². The molecule has 0 saturated carbocycles. The van der Waals surface area contributed by atoms with Crippen molar-refractivity contribution in [3.8, 4) is 0 Å². The lowest BCUT2D eigenvalue weighted by Crippen LogP contribution is -2.51. The van der Waals surface area contributed by atoms with Crippen LogP contribution in [0.1, 0.15) is 20.8 Å². The van der Waals surface area contributed by atoms with Crippen molar-refractivity contribution in [1.29, 1.82) is 0 Å². The maximum atomic E-state index is 13.8. The lowest BCUT2D eigenvalue weighted by Gasteiger charge is -2.28. The average molecular weight is 267 g/mol. The number of benzene rings is 1. The zero-order valence-electron chi connectivity index (χ0n) is 11.7. The van der Waals surface area contributed by atoms with Crippen LogP contribution in [0, 0.1) is 5.82 Å². The Balaban J connectivity index is 2.85. The molecule has 0 spiro atoms. The fraction of sp³-hybridized carbons (Fsp3) is 0.500. The molecule has 0 saturated heterocycles. The second kappa shape index (κ2) is 7.09. The molecule has 0 radical (unpaired) electrons. The van der Waals surface area contributed by atoms with Crippen LogP contribution in [0.25, 0.3) is 0 Å². The summed E-state index contributed by atoms with van der Waals surface area (Å²) < 4.78 is 13.8. The van der Waals surface area contributed by atoms with Gasteiger partial charge in [-0.25, -0.2) is 4.39 Å². The predicted molar refractivity (Wildman–Crippen MR) is 75.5 cm³/mol. The molecule has 1 atom stereocenters. The van der Waals surface area contributed by atoms with E-state index in [0.29, 0.717) is 18.8 Å². The maximum absolute atomic E-state index is 13.8. The number of carbonyl (C=O) groups is 1. The molecule has 0 aliphatic carbocycles. The van der Waals surface area contributed by atoms with Gasteiger partial charge in [0.2, 0.25) is 5.91 Å². The van der Waals surface area contributed by atoms with Gasteiger partial charge in [-0.15, -0.1) is 0 Å². The highest BCUT2D eigenvalue weighted by Gasteiger charge is 2.20. The summed E-state index contributed by atoms with van der Waals surface area (Å²) in [5.41, 5.74) is 5.87. The molecule has 5 heteroatoms. The summed E-state index contributed by atoms with van der Waals surface area (Å²) in [4.78, 5) is 13.2. The highest BCUT2D eigenvalue weighted by molar-refractivity contribution is 5.80. The number of hydrogen-bond donors (Lipinski definition) is 2. The third-order valence-corrected chi connectivity index (χ3v) is 2.86. The molecule has 0 bridgehead atoms. The molecule has 106 valence electrons. The van der Waals surface area contributed by atoms with Crippen molar-refractivity contribution in [3.05, 3.63) is 30.1 Å². The van der Waals surface area contributed by atoms with E-state index in [1.54, 1.807) is 23.1 Å². The van der Waals surface area contributed by atoms with Crippen molar-refractivity contribution in [2.45, 2.75) is 32.9 Å². The van der Waals surface area contributed by atoms with Gasteiger partial charge in [0.15, 0.2) is 0 Å². The van der Waals surface area contributed by atoms with Crippen LogP contribution in [0.4, 0.5) is 10.1 Å². The largest absolute Gasteiger partial charge is 0.368 e. The summed E-state index contributed by atoms with van der Waals surface area (Å²) in [5, 5.41) is 3.09. The number of halogens is 1. The summed E-state index contributed by atoms with van der Waals surface area (Å²) in [7, 11) is 0. The van der Waals surface area contributed by atoms with Gasteiger partial charge in [0.1, 0.15) is 11.9 Å². The zero-order valence-corrected chi connectivity index (χ0v) is 11.7. The lowest BCUT2D eigenvalue weighted by molar-refractivity contribution is -0.119. The quantitative estimate of drug-likeness (QED) is 0.787. The molecule has 1 amide bonds. The smallest absolute Gasteiger partial charge is 0.236 e. The maximum Gasteiger partial charge on any atom is 0.236 e. The van der Waals surface area contributed by atoms with E-state index in [1.165, 1.54) is 6.07 Å². The molecule has 4 nitrogen and oxygen atoms in total. The second-order valence-corrected chi connectivity index (χ2v) is 4.77. The summed E-state index contributed by atoms with van der Waals surface area (Å²) in [5.74, 6) is -0.722. The number of para-hydroxylation sites is 1. The van der Waals surface area contributed by atoms with Gasteiger partial charge >= 0.3 is 0 Å². The molecule has 3 N–H and O–H groups in total. The number of hydrogen-bond acceptors (Lipinski definition) is 3. The Labute approximate surface area is 113 Å². The Morgan fingerprint density at radius 3 is 2.53 bits per heavy atom. The van der Waals surface area contributed by atoms with Crippen molar-refractivity contribution in [2.75, 3.05) is 18.0 Å². The average Bonchev–Trinajstić information content (AvgIpc) is 2.35. The van der Waals surface area contributed by atoms with E-state index in [0.717, 1.165) is 0 Å². The number of nitrogens with two attached hydrogens (primary N) is 1. The Morgan fingerprint density at radius 1 is 1.42 bits per heavy atom. The molecule has 0 aliphatic heterocycles. The van der Waals surface area contributed by atoms with Gasteiger partial charge in [-0.1, -0.05) is 26.0 Å². The van der Waals surface area contributed by atoms with Crippen LogP contribution in [-0.4, -0.2) is 31.1 Å². The molecule has 0 fully saturated rings. The first-order valence-electron chi connectivity index (χ1n) is 6.50. The number of rotatable bonds is 7. The van der Waals surface area contributed by atoms with Crippen molar-refractivity contribution in [3.63, 3.8) is 0 Å². The number of primary amides is 1. The second-order valence-electron chi connectivity index (χ2n) is 4.77. The van der Waals surface area contributed by atoms with Crippen LogP contribution in [0.5, 0.6) is 0 Å². The highest BCUT2D eigenvalue weighted by Crippen LogP contribution is 2.18. The zero-order chi connectivity index (χ0) is 14.4. The summed E-state index contributed by atoms with van der Waals surface area (Å²) in [6, 6.07) is 6.16. The first kappa shape index (κ1) is 15.4. The monoisotopic (exact) mass is 267 g/mol. The molecule has 1 aromatic rings. The summed E-state index contributed by atoms with van der Waals surface area (Å²) >= 11 is 0. The van der Waals surface area contributed by atoms with Gasteiger partial charge < -0.3 is 16.0 Å². The molecule has 1 unspecified atom stereocenters. The first-order chi connectivity index (χ1) is 8.95. The van der Waals surface area contributed by atoms with Gasteiger partial charge in [-0.2, -0.15) is 0 Å². The van der Waals surface area contributed by atoms with E-state index in [-0.39, 0.29) is 11.9 Å². The van der Waals surface area contributed by atoms with Gasteiger partial charge in [0, 0.05) is 19.1 Å². The minimum Gasteiger partial charge on any atom is -0.368 e. The van der Waals surface area contributed by atoms with E-state index in [9.17, 15) is 9.18 Å². The molecular weight excluding hydrogens is 245 g/mol. The van der Waals surface area contributed by atoms with Gasteiger partial charge in [0.25, 0.3) is 0 Å². The summed E-state index contributed by atoms with van der Waals surface area (Å²) in [6.45, 7) is 6.75. The Kier molecular flexibility index (Phi) is 5.76. The van der Waals surface area contributed by atoms with Gasteiger partial charge in [0.05, 0.1) is 5.69 Å².